The molecular weight excluding hydrogens is 308 g/mol. The van der Waals surface area contributed by atoms with Crippen molar-refractivity contribution in [3.8, 4) is 5.75 Å². The highest BCUT2D eigenvalue weighted by Crippen LogP contribution is 2.21. The molecule has 0 radical (unpaired) electrons. The Labute approximate surface area is 148 Å². The summed E-state index contributed by atoms with van der Waals surface area (Å²) in [5, 5.41) is 0. The van der Waals surface area contributed by atoms with Gasteiger partial charge in [0.05, 0.1) is 0 Å². The number of hydrogen-bond acceptors (Lipinski definition) is 2. The van der Waals surface area contributed by atoms with E-state index < -0.39 is 0 Å². The molecule has 3 rings (SSSR count). The summed E-state index contributed by atoms with van der Waals surface area (Å²) in [5.74, 6) is 0.747. The second kappa shape index (κ2) is 8.11. The molecule has 0 bridgehead atoms. The Morgan fingerprint density at radius 1 is 0.880 bits per heavy atom. The van der Waals surface area contributed by atoms with Gasteiger partial charge in [0.15, 0.2) is 5.78 Å². The largest absolute Gasteiger partial charge is 0.488 e. The van der Waals surface area contributed by atoms with Gasteiger partial charge >= 0.3 is 0 Å². The molecule has 0 spiro atoms. The Morgan fingerprint density at radius 2 is 1.56 bits per heavy atom. The molecule has 0 heterocycles. The van der Waals surface area contributed by atoms with Gasteiger partial charge in [-0.25, -0.2) is 0 Å². The fourth-order valence-electron chi connectivity index (χ4n) is 2.46. The molecule has 0 unspecified atom stereocenters. The van der Waals surface area contributed by atoms with E-state index in [4.69, 9.17) is 4.74 Å². The normalized spacial score (nSPS) is 10.8. The number of ketones is 1. The molecule has 124 valence electrons. The number of carbonyl (C=O) groups is 1. The predicted octanol–water partition coefficient (Wildman–Crippen LogP) is 5.47. The second-order valence-electron chi connectivity index (χ2n) is 5.88. The third-order valence-corrected chi connectivity index (χ3v) is 3.91. The van der Waals surface area contributed by atoms with Crippen LogP contribution in [0.3, 0.4) is 0 Å². The van der Waals surface area contributed by atoms with Crippen LogP contribution in [0.1, 0.15) is 27.0 Å². The summed E-state index contributed by atoms with van der Waals surface area (Å²) in [6.07, 6.45) is 3.40. The molecule has 0 fully saturated rings. The van der Waals surface area contributed by atoms with Gasteiger partial charge in [-0.1, -0.05) is 78.4 Å². The van der Waals surface area contributed by atoms with Crippen molar-refractivity contribution in [1.29, 1.82) is 0 Å². The Kier molecular flexibility index (Phi) is 5.43. The van der Waals surface area contributed by atoms with E-state index in [1.165, 1.54) is 0 Å². The van der Waals surface area contributed by atoms with E-state index in [9.17, 15) is 4.79 Å². The summed E-state index contributed by atoms with van der Waals surface area (Å²) >= 11 is 0. The number of hydrogen-bond donors (Lipinski definition) is 0. The molecule has 0 aromatic heterocycles. The summed E-state index contributed by atoms with van der Waals surface area (Å²) in [4.78, 5) is 12.3. The summed E-state index contributed by atoms with van der Waals surface area (Å²) in [6, 6.07) is 25.3. The first kappa shape index (κ1) is 16.7. The lowest BCUT2D eigenvalue weighted by Gasteiger charge is -2.09. The third kappa shape index (κ3) is 4.67. The highest BCUT2D eigenvalue weighted by molar-refractivity contribution is 6.06. The van der Waals surface area contributed by atoms with Crippen LogP contribution in [0.2, 0.25) is 0 Å². The quantitative estimate of drug-likeness (QED) is 0.443. The minimum atomic E-state index is -0.0159. The van der Waals surface area contributed by atoms with Crippen molar-refractivity contribution in [2.45, 2.75) is 13.5 Å². The SMILES string of the molecule is Cc1ccc(C(=O)/C=C/c2ccccc2OCc2ccccc2)cc1. The molecule has 0 atom stereocenters. The fourth-order valence-corrected chi connectivity index (χ4v) is 2.46. The average Bonchev–Trinajstić information content (AvgIpc) is 2.66. The highest BCUT2D eigenvalue weighted by atomic mass is 16.5. The van der Waals surface area contributed by atoms with Crippen LogP contribution in [0, 0.1) is 6.92 Å². The van der Waals surface area contributed by atoms with E-state index in [1.54, 1.807) is 6.08 Å². The number of aryl methyl sites for hydroxylation is 1. The first-order chi connectivity index (χ1) is 12.2. The zero-order valence-corrected chi connectivity index (χ0v) is 14.2. The lowest BCUT2D eigenvalue weighted by molar-refractivity contribution is 0.104. The Bertz CT molecular complexity index is 862. The van der Waals surface area contributed by atoms with Gasteiger partial charge in [0, 0.05) is 11.1 Å². The molecule has 0 aliphatic carbocycles. The van der Waals surface area contributed by atoms with Crippen molar-refractivity contribution in [1.82, 2.24) is 0 Å². The number of para-hydroxylation sites is 1. The lowest BCUT2D eigenvalue weighted by Crippen LogP contribution is -1.97. The van der Waals surface area contributed by atoms with Crippen LogP contribution in [-0.4, -0.2) is 5.78 Å². The summed E-state index contributed by atoms with van der Waals surface area (Å²) in [7, 11) is 0. The molecule has 0 aliphatic heterocycles. The van der Waals surface area contributed by atoms with Gasteiger partial charge in [0.2, 0.25) is 0 Å². The zero-order chi connectivity index (χ0) is 17.5. The van der Waals surface area contributed by atoms with Gasteiger partial charge in [-0.05, 0) is 30.7 Å². The van der Waals surface area contributed by atoms with E-state index in [0.29, 0.717) is 12.2 Å². The van der Waals surface area contributed by atoms with E-state index in [2.05, 4.69) is 0 Å². The molecule has 2 nitrogen and oxygen atoms in total. The molecule has 25 heavy (non-hydrogen) atoms. The molecule has 0 aliphatic rings. The molecule has 2 heteroatoms. The number of ether oxygens (including phenoxy) is 1. The topological polar surface area (TPSA) is 26.3 Å². The summed E-state index contributed by atoms with van der Waals surface area (Å²) in [5.41, 5.74) is 3.82. The maximum atomic E-state index is 12.3. The molecule has 0 N–H and O–H groups in total. The van der Waals surface area contributed by atoms with Gasteiger partial charge in [0.1, 0.15) is 12.4 Å². The first-order valence-corrected chi connectivity index (χ1v) is 8.27. The van der Waals surface area contributed by atoms with Gasteiger partial charge in [-0.2, -0.15) is 0 Å². The van der Waals surface area contributed by atoms with Crippen LogP contribution in [0.15, 0.2) is 84.9 Å². The minimum Gasteiger partial charge on any atom is -0.488 e. The van der Waals surface area contributed by atoms with Crippen molar-refractivity contribution in [3.63, 3.8) is 0 Å². The van der Waals surface area contributed by atoms with Crippen LogP contribution in [0.25, 0.3) is 6.08 Å². The van der Waals surface area contributed by atoms with Gasteiger partial charge in [-0.15, -0.1) is 0 Å². The summed E-state index contributed by atoms with van der Waals surface area (Å²) < 4.78 is 5.91. The lowest BCUT2D eigenvalue weighted by atomic mass is 10.1. The van der Waals surface area contributed by atoms with Gasteiger partial charge < -0.3 is 4.74 Å². The number of rotatable bonds is 6. The maximum absolute atomic E-state index is 12.3. The van der Waals surface area contributed by atoms with Crippen molar-refractivity contribution >= 4 is 11.9 Å². The van der Waals surface area contributed by atoms with Crippen molar-refractivity contribution in [2.24, 2.45) is 0 Å². The number of allylic oxidation sites excluding steroid dienone is 1. The van der Waals surface area contributed by atoms with E-state index >= 15 is 0 Å². The Morgan fingerprint density at radius 3 is 2.32 bits per heavy atom. The predicted molar refractivity (Wildman–Crippen MR) is 102 cm³/mol. The Balaban J connectivity index is 1.72. The van der Waals surface area contributed by atoms with E-state index in [1.807, 2.05) is 91.9 Å². The number of benzene rings is 3. The van der Waals surface area contributed by atoms with E-state index in [0.717, 1.165) is 22.4 Å². The van der Waals surface area contributed by atoms with Crippen LogP contribution < -0.4 is 4.74 Å². The number of carbonyl (C=O) groups excluding carboxylic acids is 1. The first-order valence-electron chi connectivity index (χ1n) is 8.27. The second-order valence-corrected chi connectivity index (χ2v) is 5.88. The smallest absolute Gasteiger partial charge is 0.185 e. The third-order valence-electron chi connectivity index (χ3n) is 3.91. The molecule has 3 aromatic carbocycles. The van der Waals surface area contributed by atoms with Crippen LogP contribution in [0.4, 0.5) is 0 Å². The zero-order valence-electron chi connectivity index (χ0n) is 14.2. The van der Waals surface area contributed by atoms with Gasteiger partial charge in [-0.3, -0.25) is 4.79 Å². The highest BCUT2D eigenvalue weighted by Gasteiger charge is 2.04. The van der Waals surface area contributed by atoms with Gasteiger partial charge in [0.25, 0.3) is 0 Å². The average molecular weight is 328 g/mol. The molecule has 3 aromatic rings. The molecule has 0 amide bonds. The fraction of sp³-hybridized carbons (Fsp3) is 0.0870. The standard InChI is InChI=1S/C23H20O2/c1-18-11-13-20(14-12-18)22(24)16-15-21-9-5-6-10-23(21)25-17-19-7-3-2-4-8-19/h2-16H,17H2,1H3/b16-15+. The van der Waals surface area contributed by atoms with E-state index in [-0.39, 0.29) is 5.78 Å². The van der Waals surface area contributed by atoms with Crippen molar-refractivity contribution in [3.05, 3.63) is 107 Å². The Hall–Kier alpha value is -3.13. The van der Waals surface area contributed by atoms with Crippen molar-refractivity contribution in [2.75, 3.05) is 0 Å². The van der Waals surface area contributed by atoms with Crippen molar-refractivity contribution < 1.29 is 9.53 Å². The molecular formula is C23H20O2. The molecule has 0 saturated carbocycles. The van der Waals surface area contributed by atoms with Crippen LogP contribution >= 0.6 is 0 Å². The van der Waals surface area contributed by atoms with Crippen LogP contribution in [0.5, 0.6) is 5.75 Å². The molecule has 0 saturated heterocycles. The maximum Gasteiger partial charge on any atom is 0.185 e. The monoisotopic (exact) mass is 328 g/mol. The minimum absolute atomic E-state index is 0.0159. The van der Waals surface area contributed by atoms with Crippen LogP contribution in [-0.2, 0) is 6.61 Å². The summed E-state index contributed by atoms with van der Waals surface area (Å²) in [6.45, 7) is 2.50.